The molecule has 1 N–H and O–H groups in total. The number of aryl methyl sites for hydroxylation is 3. The molecule has 1 aliphatic heterocycles. The van der Waals surface area contributed by atoms with Gasteiger partial charge in [0, 0.05) is 38.4 Å². The highest BCUT2D eigenvalue weighted by atomic mass is 16.5. The molecule has 0 bridgehead atoms. The summed E-state index contributed by atoms with van der Waals surface area (Å²) in [7, 11) is 3.32. The summed E-state index contributed by atoms with van der Waals surface area (Å²) in [5.41, 5.74) is 5.72. The van der Waals surface area contributed by atoms with Gasteiger partial charge >= 0.3 is 0 Å². The van der Waals surface area contributed by atoms with Crippen molar-refractivity contribution in [3.63, 3.8) is 0 Å². The van der Waals surface area contributed by atoms with E-state index in [0.29, 0.717) is 6.54 Å². The molecule has 0 spiro atoms. The monoisotopic (exact) mass is 411 g/mol. The zero-order chi connectivity index (χ0) is 21.7. The maximum absolute atomic E-state index is 12.4. The van der Waals surface area contributed by atoms with Crippen molar-refractivity contribution in [2.24, 2.45) is 0 Å². The molecule has 0 radical (unpaired) electrons. The molecule has 30 heavy (non-hydrogen) atoms. The van der Waals surface area contributed by atoms with E-state index in [2.05, 4.69) is 42.0 Å². The van der Waals surface area contributed by atoms with Crippen LogP contribution >= 0.6 is 0 Å². The van der Waals surface area contributed by atoms with Crippen molar-refractivity contribution in [3.05, 3.63) is 52.6 Å². The van der Waals surface area contributed by atoms with Gasteiger partial charge in [-0.25, -0.2) is 0 Å². The third-order valence-corrected chi connectivity index (χ3v) is 5.86. The van der Waals surface area contributed by atoms with E-state index in [4.69, 9.17) is 9.47 Å². The van der Waals surface area contributed by atoms with Crippen LogP contribution in [-0.2, 0) is 11.3 Å². The highest BCUT2D eigenvalue weighted by Gasteiger charge is 2.20. The fraction of sp³-hybridized carbons (Fsp3) is 0.458. The van der Waals surface area contributed by atoms with Crippen molar-refractivity contribution >= 4 is 11.6 Å². The average Bonchev–Trinajstić information content (AvgIpc) is 2.73. The standard InChI is InChI=1S/C24H33N3O3/c1-17-6-7-21(12-18(17)2)25-24(28)16-27-10-8-26(9-11-27)15-20-14-23(30-5)22(29-4)13-19(20)3/h6-7,12-14H,8-11,15-16H2,1-5H3,(H,25,28). The number of benzene rings is 2. The van der Waals surface area contributed by atoms with Crippen LogP contribution in [0.5, 0.6) is 11.5 Å². The number of anilines is 1. The lowest BCUT2D eigenvalue weighted by atomic mass is 10.1. The molecule has 2 aromatic carbocycles. The SMILES string of the molecule is COc1cc(C)c(CN2CCN(CC(=O)Nc3ccc(C)c(C)c3)CC2)cc1OC. The quantitative estimate of drug-likeness (QED) is 0.757. The molecule has 1 saturated heterocycles. The molecular weight excluding hydrogens is 378 g/mol. The zero-order valence-electron chi connectivity index (χ0n) is 18.7. The van der Waals surface area contributed by atoms with Crippen LogP contribution in [0.25, 0.3) is 0 Å². The van der Waals surface area contributed by atoms with Crippen molar-refractivity contribution in [3.8, 4) is 11.5 Å². The van der Waals surface area contributed by atoms with Gasteiger partial charge in [-0.2, -0.15) is 0 Å². The van der Waals surface area contributed by atoms with Crippen molar-refractivity contribution in [1.29, 1.82) is 0 Å². The number of carbonyl (C=O) groups is 1. The van der Waals surface area contributed by atoms with Gasteiger partial charge < -0.3 is 14.8 Å². The van der Waals surface area contributed by atoms with E-state index in [-0.39, 0.29) is 5.91 Å². The first kappa shape index (κ1) is 22.1. The lowest BCUT2D eigenvalue weighted by Gasteiger charge is -2.34. The van der Waals surface area contributed by atoms with E-state index < -0.39 is 0 Å². The van der Waals surface area contributed by atoms with Gasteiger partial charge in [-0.1, -0.05) is 6.07 Å². The Balaban J connectivity index is 1.50. The minimum atomic E-state index is 0.0439. The molecule has 0 aromatic heterocycles. The number of nitrogens with zero attached hydrogens (tertiary/aromatic N) is 2. The predicted octanol–water partition coefficient (Wildman–Crippen LogP) is 3.39. The number of hydrogen-bond donors (Lipinski definition) is 1. The molecule has 1 heterocycles. The van der Waals surface area contributed by atoms with E-state index >= 15 is 0 Å². The second kappa shape index (κ2) is 9.96. The van der Waals surface area contributed by atoms with Crippen LogP contribution in [0.4, 0.5) is 5.69 Å². The molecular formula is C24H33N3O3. The van der Waals surface area contributed by atoms with Crippen LogP contribution in [0.1, 0.15) is 22.3 Å². The summed E-state index contributed by atoms with van der Waals surface area (Å²) in [5.74, 6) is 1.57. The number of ether oxygens (including phenoxy) is 2. The lowest BCUT2D eigenvalue weighted by Crippen LogP contribution is -2.48. The van der Waals surface area contributed by atoms with Gasteiger partial charge in [0.25, 0.3) is 0 Å². The summed E-state index contributed by atoms with van der Waals surface area (Å²) in [6.45, 7) is 11.2. The zero-order valence-corrected chi connectivity index (χ0v) is 18.7. The molecule has 6 heteroatoms. The molecule has 1 aliphatic rings. The number of carbonyl (C=O) groups excluding carboxylic acids is 1. The van der Waals surface area contributed by atoms with Gasteiger partial charge in [0.15, 0.2) is 11.5 Å². The van der Waals surface area contributed by atoms with Crippen LogP contribution in [0.2, 0.25) is 0 Å². The van der Waals surface area contributed by atoms with E-state index in [9.17, 15) is 4.79 Å². The van der Waals surface area contributed by atoms with Gasteiger partial charge in [0.05, 0.1) is 20.8 Å². The molecule has 0 atom stereocenters. The summed E-state index contributed by atoms with van der Waals surface area (Å²) < 4.78 is 10.8. The number of nitrogens with one attached hydrogen (secondary N) is 1. The molecule has 1 amide bonds. The topological polar surface area (TPSA) is 54.0 Å². The second-order valence-electron chi connectivity index (χ2n) is 8.03. The van der Waals surface area contributed by atoms with Crippen LogP contribution in [0, 0.1) is 20.8 Å². The van der Waals surface area contributed by atoms with Crippen LogP contribution in [0.15, 0.2) is 30.3 Å². The molecule has 0 unspecified atom stereocenters. The Morgan fingerprint density at radius 3 is 2.13 bits per heavy atom. The van der Waals surface area contributed by atoms with Crippen LogP contribution < -0.4 is 14.8 Å². The number of rotatable bonds is 7. The average molecular weight is 412 g/mol. The van der Waals surface area contributed by atoms with E-state index in [1.807, 2.05) is 24.3 Å². The maximum Gasteiger partial charge on any atom is 0.238 e. The number of amides is 1. The van der Waals surface area contributed by atoms with Crippen molar-refractivity contribution < 1.29 is 14.3 Å². The first-order valence-corrected chi connectivity index (χ1v) is 10.4. The Bertz CT molecular complexity index is 890. The van der Waals surface area contributed by atoms with Crippen molar-refractivity contribution in [1.82, 2.24) is 9.80 Å². The Morgan fingerprint density at radius 1 is 0.867 bits per heavy atom. The smallest absolute Gasteiger partial charge is 0.238 e. The van der Waals surface area contributed by atoms with E-state index in [0.717, 1.165) is 49.9 Å². The molecule has 162 valence electrons. The maximum atomic E-state index is 12.4. The first-order chi connectivity index (χ1) is 14.4. The van der Waals surface area contributed by atoms with Gasteiger partial charge in [0.1, 0.15) is 0 Å². The van der Waals surface area contributed by atoms with Crippen LogP contribution in [0.3, 0.4) is 0 Å². The molecule has 2 aromatic rings. The Hall–Kier alpha value is -2.57. The van der Waals surface area contributed by atoms with Gasteiger partial charge in [-0.05, 0) is 67.3 Å². The number of piperazine rings is 1. The minimum absolute atomic E-state index is 0.0439. The third-order valence-electron chi connectivity index (χ3n) is 5.86. The Morgan fingerprint density at radius 2 is 1.50 bits per heavy atom. The Labute approximate surface area is 179 Å². The number of methoxy groups -OCH3 is 2. The van der Waals surface area contributed by atoms with Crippen LogP contribution in [-0.4, -0.2) is 62.7 Å². The summed E-state index contributed by atoms with van der Waals surface area (Å²) >= 11 is 0. The highest BCUT2D eigenvalue weighted by molar-refractivity contribution is 5.92. The van der Waals surface area contributed by atoms with E-state index in [1.54, 1.807) is 14.2 Å². The first-order valence-electron chi connectivity index (χ1n) is 10.4. The van der Waals surface area contributed by atoms with Crippen molar-refractivity contribution in [2.75, 3.05) is 52.3 Å². The summed E-state index contributed by atoms with van der Waals surface area (Å²) in [6, 6.07) is 10.1. The fourth-order valence-corrected chi connectivity index (χ4v) is 3.76. The number of hydrogen-bond acceptors (Lipinski definition) is 5. The predicted molar refractivity (Wildman–Crippen MR) is 121 cm³/mol. The molecule has 0 saturated carbocycles. The minimum Gasteiger partial charge on any atom is -0.493 e. The summed E-state index contributed by atoms with van der Waals surface area (Å²) in [4.78, 5) is 17.1. The molecule has 6 nitrogen and oxygen atoms in total. The van der Waals surface area contributed by atoms with Crippen molar-refractivity contribution in [2.45, 2.75) is 27.3 Å². The van der Waals surface area contributed by atoms with E-state index in [1.165, 1.54) is 22.3 Å². The molecule has 1 fully saturated rings. The fourth-order valence-electron chi connectivity index (χ4n) is 3.76. The normalized spacial score (nSPS) is 15.1. The van der Waals surface area contributed by atoms with Gasteiger partial charge in [-0.15, -0.1) is 0 Å². The largest absolute Gasteiger partial charge is 0.493 e. The third kappa shape index (κ3) is 5.52. The second-order valence-corrected chi connectivity index (χ2v) is 8.03. The molecule has 0 aliphatic carbocycles. The molecule has 3 rings (SSSR count). The Kier molecular flexibility index (Phi) is 7.34. The van der Waals surface area contributed by atoms with Gasteiger partial charge in [0.2, 0.25) is 5.91 Å². The summed E-state index contributed by atoms with van der Waals surface area (Å²) in [5, 5.41) is 3.02. The highest BCUT2D eigenvalue weighted by Crippen LogP contribution is 2.31. The lowest BCUT2D eigenvalue weighted by molar-refractivity contribution is -0.117. The summed E-state index contributed by atoms with van der Waals surface area (Å²) in [6.07, 6.45) is 0. The van der Waals surface area contributed by atoms with Gasteiger partial charge in [-0.3, -0.25) is 14.6 Å².